The van der Waals surface area contributed by atoms with E-state index in [1.807, 2.05) is 0 Å². The van der Waals surface area contributed by atoms with E-state index in [0.29, 0.717) is 18.3 Å². The SMILES string of the molecule is CC(C)OC1CCNCC1.CC(C)OCC1CCNCC1. The Morgan fingerprint density at radius 1 is 0.810 bits per heavy atom. The number of nitrogens with one attached hydrogen (secondary N) is 2. The van der Waals surface area contributed by atoms with Crippen LogP contribution in [0.4, 0.5) is 0 Å². The molecule has 2 N–H and O–H groups in total. The highest BCUT2D eigenvalue weighted by molar-refractivity contribution is 4.69. The average Bonchev–Trinajstić information content (AvgIpc) is 2.47. The molecule has 0 amide bonds. The maximum Gasteiger partial charge on any atom is 0.0602 e. The molecule has 0 atom stereocenters. The van der Waals surface area contributed by atoms with Gasteiger partial charge in [0.15, 0.2) is 0 Å². The maximum atomic E-state index is 5.65. The molecule has 0 aromatic heterocycles. The van der Waals surface area contributed by atoms with Crippen molar-refractivity contribution < 1.29 is 9.47 Å². The van der Waals surface area contributed by atoms with Crippen LogP contribution < -0.4 is 10.6 Å². The van der Waals surface area contributed by atoms with Gasteiger partial charge < -0.3 is 20.1 Å². The smallest absolute Gasteiger partial charge is 0.0602 e. The third-order valence-electron chi connectivity index (χ3n) is 3.87. The van der Waals surface area contributed by atoms with Gasteiger partial charge in [-0.1, -0.05) is 0 Å². The van der Waals surface area contributed by atoms with Crippen LogP contribution in [0, 0.1) is 5.92 Å². The summed E-state index contributed by atoms with van der Waals surface area (Å²) >= 11 is 0. The molecule has 4 nitrogen and oxygen atoms in total. The van der Waals surface area contributed by atoms with Gasteiger partial charge in [0, 0.05) is 6.61 Å². The van der Waals surface area contributed by atoms with E-state index in [-0.39, 0.29) is 0 Å². The lowest BCUT2D eigenvalue weighted by Gasteiger charge is -2.24. The minimum Gasteiger partial charge on any atom is -0.379 e. The van der Waals surface area contributed by atoms with Gasteiger partial charge in [-0.3, -0.25) is 0 Å². The molecule has 2 saturated heterocycles. The molecular weight excluding hydrogens is 264 g/mol. The molecule has 4 heteroatoms. The average molecular weight is 300 g/mol. The van der Waals surface area contributed by atoms with E-state index >= 15 is 0 Å². The summed E-state index contributed by atoms with van der Waals surface area (Å²) in [5, 5.41) is 6.65. The Bertz CT molecular complexity index is 235. The molecule has 0 aliphatic carbocycles. The van der Waals surface area contributed by atoms with Crippen LogP contribution in [0.1, 0.15) is 53.4 Å². The molecule has 0 aromatic rings. The number of hydrogen-bond acceptors (Lipinski definition) is 4. The molecular formula is C17H36N2O2. The van der Waals surface area contributed by atoms with E-state index in [2.05, 4.69) is 38.3 Å². The molecule has 0 bridgehead atoms. The number of rotatable bonds is 5. The van der Waals surface area contributed by atoms with E-state index in [4.69, 9.17) is 9.47 Å². The van der Waals surface area contributed by atoms with E-state index in [9.17, 15) is 0 Å². The molecule has 2 aliphatic heterocycles. The first-order valence-corrected chi connectivity index (χ1v) is 8.76. The predicted molar refractivity (Wildman–Crippen MR) is 88.8 cm³/mol. The van der Waals surface area contributed by atoms with Crippen LogP contribution in [0.5, 0.6) is 0 Å². The van der Waals surface area contributed by atoms with Gasteiger partial charge in [0.1, 0.15) is 0 Å². The summed E-state index contributed by atoms with van der Waals surface area (Å²) in [6.07, 6.45) is 6.23. The molecule has 126 valence electrons. The van der Waals surface area contributed by atoms with Gasteiger partial charge in [-0.25, -0.2) is 0 Å². The van der Waals surface area contributed by atoms with Crippen molar-refractivity contribution in [1.82, 2.24) is 10.6 Å². The molecule has 0 spiro atoms. The molecule has 2 heterocycles. The third-order valence-corrected chi connectivity index (χ3v) is 3.87. The van der Waals surface area contributed by atoms with Gasteiger partial charge in [0.25, 0.3) is 0 Å². The Labute approximate surface area is 131 Å². The Kier molecular flexibility index (Phi) is 10.3. The molecule has 2 aliphatic rings. The molecule has 21 heavy (non-hydrogen) atoms. The normalized spacial score (nSPS) is 21.4. The van der Waals surface area contributed by atoms with Crippen molar-refractivity contribution in [2.24, 2.45) is 5.92 Å². The van der Waals surface area contributed by atoms with Crippen molar-refractivity contribution in [2.75, 3.05) is 32.8 Å². The standard InChI is InChI=1S/C9H19NO.C8H17NO/c1-8(2)11-7-9-3-5-10-6-4-9;1-7(2)10-8-3-5-9-6-4-8/h8-10H,3-7H2,1-2H3;7-9H,3-6H2,1-2H3. The van der Waals surface area contributed by atoms with Crippen molar-refractivity contribution in [3.63, 3.8) is 0 Å². The molecule has 2 fully saturated rings. The predicted octanol–water partition coefficient (Wildman–Crippen LogP) is 2.57. The quantitative estimate of drug-likeness (QED) is 0.819. The highest BCUT2D eigenvalue weighted by Gasteiger charge is 2.14. The monoisotopic (exact) mass is 300 g/mol. The molecule has 2 rings (SSSR count). The summed E-state index contributed by atoms with van der Waals surface area (Å²) in [6, 6.07) is 0. The fraction of sp³-hybridized carbons (Fsp3) is 1.00. The largest absolute Gasteiger partial charge is 0.379 e. The third kappa shape index (κ3) is 10.2. The topological polar surface area (TPSA) is 42.5 Å². The second-order valence-electron chi connectivity index (χ2n) is 6.71. The zero-order chi connectivity index (χ0) is 15.5. The number of hydrogen-bond donors (Lipinski definition) is 2. The van der Waals surface area contributed by atoms with Gasteiger partial charge in [-0.15, -0.1) is 0 Å². The first-order valence-electron chi connectivity index (χ1n) is 8.76. The highest BCUT2D eigenvalue weighted by Crippen LogP contribution is 2.12. The zero-order valence-corrected chi connectivity index (χ0v) is 14.5. The second-order valence-corrected chi connectivity index (χ2v) is 6.71. The van der Waals surface area contributed by atoms with Crippen LogP contribution in [-0.2, 0) is 9.47 Å². The minimum absolute atomic E-state index is 0.392. The van der Waals surface area contributed by atoms with Gasteiger partial charge in [0.2, 0.25) is 0 Å². The minimum atomic E-state index is 0.392. The first kappa shape index (κ1) is 18.9. The van der Waals surface area contributed by atoms with Gasteiger partial charge in [0.05, 0.1) is 18.3 Å². The summed E-state index contributed by atoms with van der Waals surface area (Å²) in [6.45, 7) is 13.9. The Morgan fingerprint density at radius 3 is 1.81 bits per heavy atom. The zero-order valence-electron chi connectivity index (χ0n) is 14.5. The van der Waals surface area contributed by atoms with Gasteiger partial charge in [-0.2, -0.15) is 0 Å². The first-order chi connectivity index (χ1) is 10.1. The summed E-state index contributed by atoms with van der Waals surface area (Å²) in [5.74, 6) is 0.804. The van der Waals surface area contributed by atoms with Crippen LogP contribution in [0.2, 0.25) is 0 Å². The molecule has 0 unspecified atom stereocenters. The van der Waals surface area contributed by atoms with Crippen LogP contribution >= 0.6 is 0 Å². The molecule has 0 radical (unpaired) electrons. The van der Waals surface area contributed by atoms with Crippen molar-refractivity contribution in [1.29, 1.82) is 0 Å². The van der Waals surface area contributed by atoms with Gasteiger partial charge in [-0.05, 0) is 85.5 Å². The van der Waals surface area contributed by atoms with Crippen molar-refractivity contribution >= 4 is 0 Å². The van der Waals surface area contributed by atoms with Crippen molar-refractivity contribution in [2.45, 2.75) is 71.7 Å². The summed E-state index contributed by atoms with van der Waals surface area (Å²) < 4.78 is 11.2. The van der Waals surface area contributed by atoms with Crippen LogP contribution in [0.15, 0.2) is 0 Å². The lowest BCUT2D eigenvalue weighted by Crippen LogP contribution is -2.33. The van der Waals surface area contributed by atoms with Crippen molar-refractivity contribution in [3.05, 3.63) is 0 Å². The summed E-state index contributed by atoms with van der Waals surface area (Å²) in [5.41, 5.74) is 0. The fourth-order valence-corrected chi connectivity index (χ4v) is 2.69. The van der Waals surface area contributed by atoms with E-state index in [1.54, 1.807) is 0 Å². The number of ether oxygens (including phenoxy) is 2. The van der Waals surface area contributed by atoms with E-state index in [0.717, 1.165) is 25.6 Å². The van der Waals surface area contributed by atoms with Crippen LogP contribution in [0.3, 0.4) is 0 Å². The Morgan fingerprint density at radius 2 is 1.33 bits per heavy atom. The maximum absolute atomic E-state index is 5.65. The molecule has 0 saturated carbocycles. The van der Waals surface area contributed by atoms with Crippen LogP contribution in [0.25, 0.3) is 0 Å². The second kappa shape index (κ2) is 11.4. The number of piperidine rings is 2. The van der Waals surface area contributed by atoms with E-state index < -0.39 is 0 Å². The summed E-state index contributed by atoms with van der Waals surface area (Å²) in [7, 11) is 0. The highest BCUT2D eigenvalue weighted by atomic mass is 16.5. The summed E-state index contributed by atoms with van der Waals surface area (Å²) in [4.78, 5) is 0. The lowest BCUT2D eigenvalue weighted by molar-refractivity contribution is -0.00799. The fourth-order valence-electron chi connectivity index (χ4n) is 2.69. The molecule has 0 aromatic carbocycles. The van der Waals surface area contributed by atoms with E-state index in [1.165, 1.54) is 38.8 Å². The lowest BCUT2D eigenvalue weighted by atomic mass is 9.99. The Hall–Kier alpha value is -0.160. The van der Waals surface area contributed by atoms with Crippen molar-refractivity contribution in [3.8, 4) is 0 Å². The van der Waals surface area contributed by atoms with Gasteiger partial charge >= 0.3 is 0 Å². The van der Waals surface area contributed by atoms with Crippen LogP contribution in [-0.4, -0.2) is 51.1 Å². The Balaban J connectivity index is 0.000000211.